The zero-order valence-corrected chi connectivity index (χ0v) is 15.1. The van der Waals surface area contributed by atoms with Crippen molar-refractivity contribution in [1.29, 1.82) is 0 Å². The van der Waals surface area contributed by atoms with Gasteiger partial charge in [0.1, 0.15) is 5.69 Å². The second kappa shape index (κ2) is 7.13. The number of aromatic nitrogens is 4. The van der Waals surface area contributed by atoms with Crippen molar-refractivity contribution in [3.8, 4) is 0 Å². The summed E-state index contributed by atoms with van der Waals surface area (Å²) in [6.45, 7) is 6.13. The summed E-state index contributed by atoms with van der Waals surface area (Å²) < 4.78 is 7.93. The number of hydrogen-bond acceptors (Lipinski definition) is 6. The van der Waals surface area contributed by atoms with Gasteiger partial charge < -0.3 is 10.1 Å². The molecular weight excluding hydrogens is 332 g/mol. The van der Waals surface area contributed by atoms with Crippen LogP contribution in [-0.4, -0.2) is 62.9 Å². The Labute approximate surface area is 152 Å². The lowest BCUT2D eigenvalue weighted by molar-refractivity contribution is 0.0899. The van der Waals surface area contributed by atoms with Crippen LogP contribution < -0.4 is 5.32 Å². The fraction of sp³-hybridized carbons (Fsp3) is 0.556. The molecule has 4 rings (SSSR count). The molecule has 0 aliphatic carbocycles. The van der Waals surface area contributed by atoms with Gasteiger partial charge in [-0.1, -0.05) is 0 Å². The van der Waals surface area contributed by atoms with Gasteiger partial charge in [0.05, 0.1) is 30.3 Å². The summed E-state index contributed by atoms with van der Waals surface area (Å²) in [6.07, 6.45) is 4.82. The summed E-state index contributed by atoms with van der Waals surface area (Å²) in [5.74, 6) is 0.604. The average molecular weight is 356 g/mol. The van der Waals surface area contributed by atoms with E-state index in [0.29, 0.717) is 30.7 Å². The Bertz CT molecular complexity index is 777. The summed E-state index contributed by atoms with van der Waals surface area (Å²) >= 11 is 0. The van der Waals surface area contributed by atoms with Crippen LogP contribution >= 0.6 is 0 Å². The third kappa shape index (κ3) is 3.47. The quantitative estimate of drug-likeness (QED) is 0.835. The van der Waals surface area contributed by atoms with E-state index < -0.39 is 0 Å². The van der Waals surface area contributed by atoms with Crippen LogP contribution in [0.1, 0.15) is 21.9 Å². The van der Waals surface area contributed by atoms with Crippen LogP contribution in [-0.2, 0) is 18.3 Å². The molecule has 2 saturated heterocycles. The number of ether oxygens (including phenoxy) is 1. The van der Waals surface area contributed by atoms with Gasteiger partial charge in [-0.15, -0.1) is 0 Å². The maximum Gasteiger partial charge on any atom is 0.271 e. The molecule has 2 fully saturated rings. The van der Waals surface area contributed by atoms with Crippen LogP contribution in [0.4, 0.5) is 0 Å². The molecule has 8 heteroatoms. The lowest BCUT2D eigenvalue weighted by atomic mass is 9.93. The van der Waals surface area contributed by atoms with Crippen molar-refractivity contribution < 1.29 is 9.53 Å². The first-order valence-corrected chi connectivity index (χ1v) is 8.98. The maximum absolute atomic E-state index is 12.2. The normalized spacial score (nSPS) is 25.4. The summed E-state index contributed by atoms with van der Waals surface area (Å²) in [5, 5.41) is 7.39. The second-order valence-electron chi connectivity index (χ2n) is 7.19. The van der Waals surface area contributed by atoms with E-state index in [1.165, 1.54) is 18.1 Å². The molecule has 0 unspecified atom stereocenters. The van der Waals surface area contributed by atoms with E-state index in [1.807, 2.05) is 18.7 Å². The zero-order chi connectivity index (χ0) is 18.1. The van der Waals surface area contributed by atoms with Gasteiger partial charge in [-0.3, -0.25) is 19.4 Å². The number of likely N-dealkylation sites (tertiary alicyclic amines) is 1. The van der Waals surface area contributed by atoms with Crippen molar-refractivity contribution in [3.63, 3.8) is 0 Å². The third-order valence-corrected chi connectivity index (χ3v) is 5.32. The van der Waals surface area contributed by atoms with Crippen molar-refractivity contribution >= 4 is 5.91 Å². The Morgan fingerprint density at radius 1 is 1.38 bits per heavy atom. The molecule has 2 aromatic heterocycles. The average Bonchev–Trinajstić information content (AvgIpc) is 3.29. The van der Waals surface area contributed by atoms with Gasteiger partial charge in [0.25, 0.3) is 5.91 Å². The molecule has 26 heavy (non-hydrogen) atoms. The molecule has 0 aromatic carbocycles. The molecule has 0 radical (unpaired) electrons. The topological polar surface area (TPSA) is 85.2 Å². The Balaban J connectivity index is 1.32. The summed E-state index contributed by atoms with van der Waals surface area (Å²) in [6, 6.07) is 2.13. The van der Waals surface area contributed by atoms with Crippen molar-refractivity contribution in [2.24, 2.45) is 18.9 Å². The predicted octanol–water partition coefficient (Wildman–Crippen LogP) is 0.395. The van der Waals surface area contributed by atoms with E-state index in [2.05, 4.69) is 31.3 Å². The highest BCUT2D eigenvalue weighted by atomic mass is 16.5. The molecule has 1 amide bonds. The van der Waals surface area contributed by atoms with Crippen LogP contribution in [0.3, 0.4) is 0 Å². The smallest absolute Gasteiger partial charge is 0.271 e. The SMILES string of the molecule is Cc1cc(CN2C[C@@H]3[C@@H](CNC(=O)c4cnccn4)CO[C@@H]3C2)n(C)n1. The third-order valence-electron chi connectivity index (χ3n) is 5.32. The maximum atomic E-state index is 12.2. The van der Waals surface area contributed by atoms with E-state index in [4.69, 9.17) is 4.74 Å². The standard InChI is InChI=1S/C18H24N6O2/c1-12-5-14(23(2)22-12)8-24-9-15-13(11-26-17(15)10-24)6-21-18(25)16-7-19-3-4-20-16/h3-5,7,13,15,17H,6,8-11H2,1-2H3,(H,21,25)/t13-,15+,17+/m0/s1. The lowest BCUT2D eigenvalue weighted by Crippen LogP contribution is -2.34. The van der Waals surface area contributed by atoms with Crippen LogP contribution in [0.25, 0.3) is 0 Å². The van der Waals surface area contributed by atoms with Gasteiger partial charge in [0.15, 0.2) is 0 Å². The molecule has 2 aromatic rings. The first-order chi connectivity index (χ1) is 12.6. The number of fused-ring (bicyclic) bond motifs is 1. The van der Waals surface area contributed by atoms with E-state index in [9.17, 15) is 4.79 Å². The minimum atomic E-state index is -0.179. The Kier molecular flexibility index (Phi) is 4.69. The minimum absolute atomic E-state index is 0.179. The van der Waals surface area contributed by atoms with E-state index >= 15 is 0 Å². The number of hydrogen-bond donors (Lipinski definition) is 1. The summed E-state index contributed by atoms with van der Waals surface area (Å²) in [7, 11) is 1.99. The molecule has 8 nitrogen and oxygen atoms in total. The van der Waals surface area contributed by atoms with Crippen LogP contribution in [0.2, 0.25) is 0 Å². The number of amides is 1. The molecule has 0 spiro atoms. The van der Waals surface area contributed by atoms with Gasteiger partial charge in [-0.2, -0.15) is 5.10 Å². The van der Waals surface area contributed by atoms with Gasteiger partial charge >= 0.3 is 0 Å². The fourth-order valence-electron chi connectivity index (χ4n) is 3.99. The minimum Gasteiger partial charge on any atom is -0.376 e. The first kappa shape index (κ1) is 17.1. The summed E-state index contributed by atoms with van der Waals surface area (Å²) in [4.78, 5) is 22.6. The van der Waals surface area contributed by atoms with Crippen LogP contribution in [0, 0.1) is 18.8 Å². The first-order valence-electron chi connectivity index (χ1n) is 8.98. The number of nitrogens with zero attached hydrogens (tertiary/aromatic N) is 5. The van der Waals surface area contributed by atoms with Crippen LogP contribution in [0.15, 0.2) is 24.7 Å². The Morgan fingerprint density at radius 2 is 2.27 bits per heavy atom. The van der Waals surface area contributed by atoms with Gasteiger partial charge in [-0.05, 0) is 13.0 Å². The highest BCUT2D eigenvalue weighted by Gasteiger charge is 2.43. The Morgan fingerprint density at radius 3 is 3.00 bits per heavy atom. The molecule has 0 saturated carbocycles. The van der Waals surface area contributed by atoms with Crippen molar-refractivity contribution in [1.82, 2.24) is 30.0 Å². The van der Waals surface area contributed by atoms with E-state index in [-0.39, 0.29) is 12.0 Å². The van der Waals surface area contributed by atoms with Gasteiger partial charge in [0, 0.05) is 57.5 Å². The fourth-order valence-corrected chi connectivity index (χ4v) is 3.99. The highest BCUT2D eigenvalue weighted by molar-refractivity contribution is 5.91. The number of rotatable bonds is 5. The van der Waals surface area contributed by atoms with Crippen LogP contribution in [0.5, 0.6) is 0 Å². The van der Waals surface area contributed by atoms with Gasteiger partial charge in [0.2, 0.25) is 0 Å². The lowest BCUT2D eigenvalue weighted by Gasteiger charge is -2.19. The summed E-state index contributed by atoms with van der Waals surface area (Å²) in [5.41, 5.74) is 2.61. The van der Waals surface area contributed by atoms with Crippen molar-refractivity contribution in [2.75, 3.05) is 26.2 Å². The van der Waals surface area contributed by atoms with Crippen molar-refractivity contribution in [3.05, 3.63) is 41.7 Å². The monoisotopic (exact) mass is 356 g/mol. The highest BCUT2D eigenvalue weighted by Crippen LogP contribution is 2.34. The van der Waals surface area contributed by atoms with Crippen molar-refractivity contribution in [2.45, 2.75) is 19.6 Å². The molecule has 0 bridgehead atoms. The molecular formula is C18H24N6O2. The second-order valence-corrected chi connectivity index (χ2v) is 7.19. The number of nitrogens with one attached hydrogen (secondary N) is 1. The molecule has 4 heterocycles. The number of aryl methyl sites for hydroxylation is 2. The Hall–Kier alpha value is -2.32. The zero-order valence-electron chi connectivity index (χ0n) is 15.1. The molecule has 3 atom stereocenters. The predicted molar refractivity (Wildman–Crippen MR) is 94.3 cm³/mol. The molecule has 2 aliphatic heterocycles. The molecule has 138 valence electrons. The van der Waals surface area contributed by atoms with Gasteiger partial charge in [-0.25, -0.2) is 4.98 Å². The number of carbonyl (C=O) groups is 1. The van der Waals surface area contributed by atoms with E-state index in [1.54, 1.807) is 6.20 Å². The number of carbonyl (C=O) groups excluding carboxylic acids is 1. The van der Waals surface area contributed by atoms with E-state index in [0.717, 1.165) is 25.3 Å². The largest absolute Gasteiger partial charge is 0.376 e. The molecule has 1 N–H and O–H groups in total. The molecule has 2 aliphatic rings.